The summed E-state index contributed by atoms with van der Waals surface area (Å²) in [7, 11) is 1.53. The molecule has 0 aliphatic heterocycles. The first-order chi connectivity index (χ1) is 8.17. The molecule has 1 heterocycles. The topological polar surface area (TPSA) is 72.3 Å². The number of hydrogen-bond acceptors (Lipinski definition) is 4. The number of nitrogens with zero attached hydrogens (tertiary/aromatic N) is 2. The van der Waals surface area contributed by atoms with Crippen molar-refractivity contribution in [2.45, 2.75) is 13.3 Å². The highest BCUT2D eigenvalue weighted by molar-refractivity contribution is 5.91. The third-order valence-corrected chi connectivity index (χ3v) is 2.51. The Hall–Kier alpha value is -2.17. The summed E-state index contributed by atoms with van der Waals surface area (Å²) in [4.78, 5) is 19.0. The second kappa shape index (κ2) is 4.37. The van der Waals surface area contributed by atoms with Crippen LogP contribution in [0, 0.1) is 0 Å². The Balaban J connectivity index is 2.82. The maximum Gasteiger partial charge on any atom is 0.373 e. The average molecular weight is 232 g/mol. The van der Waals surface area contributed by atoms with Crippen molar-refractivity contribution in [1.29, 1.82) is 0 Å². The maximum atomic E-state index is 10.9. The Morgan fingerprint density at radius 1 is 1.41 bits per heavy atom. The second-order valence-corrected chi connectivity index (χ2v) is 3.51. The summed E-state index contributed by atoms with van der Waals surface area (Å²) in [5.74, 6) is -0.770. The smallest absolute Gasteiger partial charge is 0.373 e. The fraction of sp³-hybridized carbons (Fsp3) is 0.250. The molecule has 0 bridgehead atoms. The molecule has 0 aliphatic carbocycles. The van der Waals surface area contributed by atoms with Gasteiger partial charge in [0.05, 0.1) is 12.8 Å². The van der Waals surface area contributed by atoms with Crippen LogP contribution in [-0.2, 0) is 6.42 Å². The number of methoxy groups -OCH3 is 1. The van der Waals surface area contributed by atoms with Gasteiger partial charge in [-0.05, 0) is 12.5 Å². The number of aromatic nitrogens is 2. The largest absolute Gasteiger partial charge is 0.494 e. The normalized spacial score (nSPS) is 10.5. The van der Waals surface area contributed by atoms with Crippen LogP contribution >= 0.6 is 0 Å². The summed E-state index contributed by atoms with van der Waals surface area (Å²) >= 11 is 0. The molecule has 1 aromatic carbocycles. The lowest BCUT2D eigenvalue weighted by atomic mass is 10.1. The van der Waals surface area contributed by atoms with Gasteiger partial charge < -0.3 is 9.84 Å². The number of aryl methyl sites for hydroxylation is 1. The molecule has 0 saturated heterocycles. The van der Waals surface area contributed by atoms with Gasteiger partial charge in [-0.3, -0.25) is 0 Å². The molecule has 0 radical (unpaired) electrons. The fourth-order valence-electron chi connectivity index (χ4n) is 1.72. The molecule has 0 aliphatic rings. The van der Waals surface area contributed by atoms with Crippen molar-refractivity contribution in [2.24, 2.45) is 0 Å². The molecule has 0 saturated carbocycles. The molecular weight excluding hydrogens is 220 g/mol. The van der Waals surface area contributed by atoms with Gasteiger partial charge in [-0.15, -0.1) is 0 Å². The average Bonchev–Trinajstić information content (AvgIpc) is 2.36. The van der Waals surface area contributed by atoms with Crippen LogP contribution in [-0.4, -0.2) is 28.2 Å². The summed E-state index contributed by atoms with van der Waals surface area (Å²) in [5.41, 5.74) is 1.26. The Labute approximate surface area is 98.1 Å². The molecule has 1 aromatic heterocycles. The predicted molar refractivity (Wildman–Crippen MR) is 62.4 cm³/mol. The minimum Gasteiger partial charge on any atom is -0.494 e. The third-order valence-electron chi connectivity index (χ3n) is 2.51. The molecule has 17 heavy (non-hydrogen) atoms. The van der Waals surface area contributed by atoms with E-state index in [4.69, 9.17) is 9.84 Å². The molecule has 1 N–H and O–H groups in total. The number of hydrogen-bond donors (Lipinski definition) is 1. The van der Waals surface area contributed by atoms with E-state index >= 15 is 0 Å². The molecule has 0 unspecified atom stereocenters. The van der Waals surface area contributed by atoms with E-state index in [1.54, 1.807) is 6.07 Å². The van der Waals surface area contributed by atoms with Crippen LogP contribution in [0.5, 0.6) is 5.75 Å². The third kappa shape index (κ3) is 1.91. The van der Waals surface area contributed by atoms with Crippen LogP contribution in [0.15, 0.2) is 18.2 Å². The minimum atomic E-state index is -1.13. The molecule has 2 aromatic rings. The van der Waals surface area contributed by atoms with Crippen molar-refractivity contribution in [1.82, 2.24) is 9.97 Å². The van der Waals surface area contributed by atoms with Crippen LogP contribution in [0.25, 0.3) is 10.9 Å². The molecule has 5 heteroatoms. The lowest BCUT2D eigenvalue weighted by Gasteiger charge is -2.08. The Kier molecular flexibility index (Phi) is 2.91. The number of rotatable bonds is 3. The van der Waals surface area contributed by atoms with Gasteiger partial charge in [0, 0.05) is 5.39 Å². The quantitative estimate of drug-likeness (QED) is 0.874. The summed E-state index contributed by atoms with van der Waals surface area (Å²) < 4.78 is 5.18. The van der Waals surface area contributed by atoms with E-state index in [1.165, 1.54) is 7.11 Å². The van der Waals surface area contributed by atoms with Crippen LogP contribution in [0.4, 0.5) is 0 Å². The number of ether oxygens (including phenoxy) is 1. The van der Waals surface area contributed by atoms with Crippen molar-refractivity contribution in [2.75, 3.05) is 7.11 Å². The van der Waals surface area contributed by atoms with Gasteiger partial charge in [0.1, 0.15) is 11.3 Å². The molecule has 5 nitrogen and oxygen atoms in total. The lowest BCUT2D eigenvalue weighted by molar-refractivity contribution is 0.0683. The first-order valence-electron chi connectivity index (χ1n) is 5.24. The van der Waals surface area contributed by atoms with Crippen molar-refractivity contribution in [3.05, 3.63) is 29.7 Å². The Morgan fingerprint density at radius 3 is 2.76 bits per heavy atom. The Morgan fingerprint density at radius 2 is 2.18 bits per heavy atom. The molecule has 2 rings (SSSR count). The molecule has 0 spiro atoms. The van der Waals surface area contributed by atoms with Crippen molar-refractivity contribution < 1.29 is 14.6 Å². The van der Waals surface area contributed by atoms with Gasteiger partial charge in [0.25, 0.3) is 0 Å². The molecular formula is C12H12N2O3. The van der Waals surface area contributed by atoms with E-state index in [-0.39, 0.29) is 5.82 Å². The second-order valence-electron chi connectivity index (χ2n) is 3.51. The summed E-state index contributed by atoms with van der Waals surface area (Å²) in [6.07, 6.45) is 0.645. The van der Waals surface area contributed by atoms with Crippen LogP contribution in [0.1, 0.15) is 23.2 Å². The summed E-state index contributed by atoms with van der Waals surface area (Å²) in [6.45, 7) is 1.92. The minimum absolute atomic E-state index is 0.196. The van der Waals surface area contributed by atoms with Crippen molar-refractivity contribution >= 4 is 16.9 Å². The Bertz CT molecular complexity index is 581. The van der Waals surface area contributed by atoms with E-state index in [0.717, 1.165) is 5.39 Å². The van der Waals surface area contributed by atoms with Crippen LogP contribution in [0.2, 0.25) is 0 Å². The van der Waals surface area contributed by atoms with Gasteiger partial charge in [-0.25, -0.2) is 14.8 Å². The van der Waals surface area contributed by atoms with E-state index in [1.807, 2.05) is 19.1 Å². The SMILES string of the molecule is CCc1nc(C(=O)O)nc2c(OC)cccc12. The summed E-state index contributed by atoms with van der Waals surface area (Å²) in [5, 5.41) is 9.79. The van der Waals surface area contributed by atoms with Crippen molar-refractivity contribution in [3.63, 3.8) is 0 Å². The predicted octanol–water partition coefficient (Wildman–Crippen LogP) is 1.90. The van der Waals surface area contributed by atoms with Gasteiger partial charge in [0.2, 0.25) is 5.82 Å². The zero-order valence-electron chi connectivity index (χ0n) is 9.60. The van der Waals surface area contributed by atoms with Gasteiger partial charge in [-0.1, -0.05) is 19.1 Å². The highest BCUT2D eigenvalue weighted by Gasteiger charge is 2.14. The lowest BCUT2D eigenvalue weighted by Crippen LogP contribution is -2.07. The van der Waals surface area contributed by atoms with Gasteiger partial charge in [0.15, 0.2) is 0 Å². The number of para-hydroxylation sites is 1. The number of carboxylic acid groups (broad SMARTS) is 1. The van der Waals surface area contributed by atoms with E-state index in [2.05, 4.69) is 9.97 Å². The highest BCUT2D eigenvalue weighted by Crippen LogP contribution is 2.25. The van der Waals surface area contributed by atoms with E-state index in [0.29, 0.717) is 23.4 Å². The molecule has 0 amide bonds. The monoisotopic (exact) mass is 232 g/mol. The first-order valence-corrected chi connectivity index (χ1v) is 5.24. The van der Waals surface area contributed by atoms with Crippen LogP contribution < -0.4 is 4.74 Å². The van der Waals surface area contributed by atoms with Gasteiger partial charge >= 0.3 is 5.97 Å². The zero-order chi connectivity index (χ0) is 12.4. The number of fused-ring (bicyclic) bond motifs is 1. The van der Waals surface area contributed by atoms with E-state index < -0.39 is 5.97 Å². The molecule has 88 valence electrons. The zero-order valence-corrected chi connectivity index (χ0v) is 9.60. The maximum absolute atomic E-state index is 10.9. The molecule has 0 fully saturated rings. The van der Waals surface area contributed by atoms with E-state index in [9.17, 15) is 4.79 Å². The molecule has 0 atom stereocenters. The van der Waals surface area contributed by atoms with Crippen LogP contribution in [0.3, 0.4) is 0 Å². The number of benzene rings is 1. The number of carbonyl (C=O) groups is 1. The number of carboxylic acids is 1. The first kappa shape index (κ1) is 11.3. The summed E-state index contributed by atoms with van der Waals surface area (Å²) in [6, 6.07) is 5.45. The highest BCUT2D eigenvalue weighted by atomic mass is 16.5. The van der Waals surface area contributed by atoms with Crippen molar-refractivity contribution in [3.8, 4) is 5.75 Å². The van der Waals surface area contributed by atoms with Gasteiger partial charge in [-0.2, -0.15) is 0 Å². The number of aromatic carboxylic acids is 1. The fourth-order valence-corrected chi connectivity index (χ4v) is 1.72. The standard InChI is InChI=1S/C12H12N2O3/c1-3-8-7-5-4-6-9(17-2)10(7)14-11(13-8)12(15)16/h4-6H,3H2,1-2H3,(H,15,16).